The van der Waals surface area contributed by atoms with Crippen LogP contribution in [-0.2, 0) is 16.6 Å². The van der Waals surface area contributed by atoms with Crippen molar-refractivity contribution in [2.24, 2.45) is 11.3 Å². The van der Waals surface area contributed by atoms with Crippen LogP contribution in [0.1, 0.15) is 112 Å². The van der Waals surface area contributed by atoms with Gasteiger partial charge in [-0.25, -0.2) is 22.5 Å². The van der Waals surface area contributed by atoms with E-state index < -0.39 is 42.9 Å². The Morgan fingerprint density at radius 1 is 0.974 bits per heavy atom. The van der Waals surface area contributed by atoms with Crippen molar-refractivity contribution in [2.45, 2.75) is 114 Å². The average molecular weight is 1070 g/mol. The standard InChI is InChI=1S/C58H69FN8O9S/c1-36(2)44-9-7-8-10-45(44)51-33-64(32-39-11-16-52(75-37(3)4)54(23-39)74-6)21-22-66(51)41-27-58(28-41)34-65(35-58)40-12-14-46(53(24-40)76-42-25-47-48(59)31-62-55(47)61-30-42)56(68)63-77(72,73)43-13-15-49(50(26-43)67(70)71)60-29-38-17-19-57(5,69)20-18-38/h7-16,23-26,30-31,36-38,41,51,60,69H,17-22,27-29,32-35H2,1-6H3,(H,61,62)(H,63,68)/t38-,51-,57-/m0/s1. The molecule has 4 aromatic carbocycles. The molecule has 0 bridgehead atoms. The zero-order valence-corrected chi connectivity index (χ0v) is 45.4. The van der Waals surface area contributed by atoms with Crippen molar-refractivity contribution in [1.29, 1.82) is 0 Å². The highest BCUT2D eigenvalue weighted by Crippen LogP contribution is 2.54. The third-order valence-corrected chi connectivity index (χ3v) is 17.4. The van der Waals surface area contributed by atoms with Crippen molar-refractivity contribution in [2.75, 3.05) is 56.6 Å². The molecular weight excluding hydrogens is 1000 g/mol. The molecule has 4 fully saturated rings. The Morgan fingerprint density at radius 3 is 2.47 bits per heavy atom. The minimum atomic E-state index is -4.65. The first-order chi connectivity index (χ1) is 36.8. The lowest BCUT2D eigenvalue weighted by Gasteiger charge is -2.63. The van der Waals surface area contributed by atoms with Gasteiger partial charge in [0.2, 0.25) is 0 Å². The molecule has 19 heteroatoms. The number of pyridine rings is 1. The Hall–Kier alpha value is -6.80. The van der Waals surface area contributed by atoms with Crippen molar-refractivity contribution >= 4 is 44.0 Å². The monoisotopic (exact) mass is 1070 g/mol. The number of ether oxygens (including phenoxy) is 3. The molecule has 2 aliphatic carbocycles. The van der Waals surface area contributed by atoms with Crippen molar-refractivity contribution in [3.05, 3.63) is 136 Å². The fraction of sp³-hybridized carbons (Fsp3) is 0.448. The summed E-state index contributed by atoms with van der Waals surface area (Å²) in [5.74, 6) is 0.563. The molecular formula is C58H69FN8O9S. The van der Waals surface area contributed by atoms with Crippen LogP contribution in [-0.4, -0.2) is 108 Å². The molecule has 77 heavy (non-hydrogen) atoms. The number of nitro groups is 1. The average Bonchev–Trinajstić information content (AvgIpc) is 3.76. The number of hydrogen-bond donors (Lipinski definition) is 4. The number of methoxy groups -OCH3 is 1. The lowest BCUT2D eigenvalue weighted by atomic mass is 9.59. The maximum Gasteiger partial charge on any atom is 0.293 e. The number of piperazine rings is 1. The second-order valence-corrected chi connectivity index (χ2v) is 24.2. The highest BCUT2D eigenvalue weighted by atomic mass is 32.2. The Bertz CT molecular complexity index is 3270. The summed E-state index contributed by atoms with van der Waals surface area (Å²) in [6, 6.07) is 25.5. The fourth-order valence-electron chi connectivity index (χ4n) is 11.9. The molecule has 2 aliphatic heterocycles. The number of halogens is 1. The number of nitrogens with one attached hydrogen (secondary N) is 3. The first-order valence-electron chi connectivity index (χ1n) is 26.7. The maximum atomic E-state index is 14.7. The molecule has 4 aliphatic rings. The highest BCUT2D eigenvalue weighted by Gasteiger charge is 2.55. The number of hydrogen-bond acceptors (Lipinski definition) is 14. The summed E-state index contributed by atoms with van der Waals surface area (Å²) >= 11 is 0. The molecule has 0 unspecified atom stereocenters. The first-order valence-corrected chi connectivity index (χ1v) is 28.2. The van der Waals surface area contributed by atoms with Crippen molar-refractivity contribution in [3.63, 3.8) is 0 Å². The van der Waals surface area contributed by atoms with Crippen molar-refractivity contribution in [1.82, 2.24) is 24.5 Å². The SMILES string of the molecule is COc1cc(CN2CCN(C3CC4(C3)CN(c3ccc(C(=O)NS(=O)(=O)c5ccc(NC[C@H]6CC[C@](C)(O)CC6)c([N+](=O)[O-])c5)c(Oc5cnc6[nH]cc(F)c6c5)c3)C4)[C@H](c3ccccc3C(C)C)C2)ccc1OC(C)C. The topological polar surface area (TPSA) is 205 Å². The fourth-order valence-corrected chi connectivity index (χ4v) is 12.9. The number of amides is 1. The molecule has 17 nitrogen and oxygen atoms in total. The van der Waals surface area contributed by atoms with Crippen LogP contribution < -0.4 is 29.1 Å². The van der Waals surface area contributed by atoms with Crippen LogP contribution in [0.5, 0.6) is 23.0 Å². The number of carbonyl (C=O) groups is 1. The summed E-state index contributed by atoms with van der Waals surface area (Å²) in [4.78, 5) is 39.7. The summed E-state index contributed by atoms with van der Waals surface area (Å²) in [5, 5.41) is 25.9. The molecule has 2 aromatic heterocycles. The third-order valence-electron chi connectivity index (χ3n) is 16.1. The van der Waals surface area contributed by atoms with E-state index in [0.717, 1.165) is 88.2 Å². The molecule has 2 saturated heterocycles. The summed E-state index contributed by atoms with van der Waals surface area (Å²) in [6.45, 7) is 15.8. The Kier molecular flexibility index (Phi) is 15.0. The Morgan fingerprint density at radius 2 is 1.74 bits per heavy atom. The van der Waals surface area contributed by atoms with Crippen LogP contribution in [0.2, 0.25) is 0 Å². The number of carbonyl (C=O) groups excluding carboxylic acids is 1. The number of aliphatic hydroxyl groups is 1. The molecule has 1 amide bonds. The van der Waals surface area contributed by atoms with Crippen LogP contribution in [0.15, 0.2) is 102 Å². The number of H-pyrrole nitrogens is 1. The van der Waals surface area contributed by atoms with Crippen LogP contribution in [0.25, 0.3) is 11.0 Å². The third kappa shape index (κ3) is 11.6. The van der Waals surface area contributed by atoms with Gasteiger partial charge in [-0.15, -0.1) is 0 Å². The quantitative estimate of drug-likeness (QED) is 0.0467. The second-order valence-electron chi connectivity index (χ2n) is 22.5. The zero-order chi connectivity index (χ0) is 54.4. The van der Waals surface area contributed by atoms with Gasteiger partial charge in [0.15, 0.2) is 11.5 Å². The Labute approximate surface area is 449 Å². The number of fused-ring (bicyclic) bond motifs is 1. The zero-order valence-electron chi connectivity index (χ0n) is 44.6. The van der Waals surface area contributed by atoms with Crippen LogP contribution >= 0.6 is 0 Å². The van der Waals surface area contributed by atoms with E-state index in [0.29, 0.717) is 37.0 Å². The van der Waals surface area contributed by atoms with E-state index in [9.17, 15) is 32.8 Å². The van der Waals surface area contributed by atoms with E-state index >= 15 is 0 Å². The van der Waals surface area contributed by atoms with Gasteiger partial charge < -0.3 is 34.5 Å². The smallest absolute Gasteiger partial charge is 0.293 e. The number of sulfonamides is 1. The maximum absolute atomic E-state index is 14.7. The number of nitro benzene ring substituents is 1. The number of nitrogens with zero attached hydrogens (tertiary/aromatic N) is 5. The normalized spacial score (nSPS) is 21.0. The number of benzene rings is 4. The van der Waals surface area contributed by atoms with Crippen molar-refractivity contribution in [3.8, 4) is 23.0 Å². The molecule has 2 saturated carbocycles. The molecule has 1 spiro atoms. The predicted molar refractivity (Wildman–Crippen MR) is 293 cm³/mol. The number of aromatic amines is 1. The lowest BCUT2D eigenvalue weighted by molar-refractivity contribution is -0.384. The van der Waals surface area contributed by atoms with Gasteiger partial charge in [0, 0.05) is 87.3 Å². The van der Waals surface area contributed by atoms with Crippen LogP contribution in [0.3, 0.4) is 0 Å². The van der Waals surface area contributed by atoms with Gasteiger partial charge in [-0.3, -0.25) is 24.7 Å². The van der Waals surface area contributed by atoms with E-state index in [-0.39, 0.29) is 51.6 Å². The number of aromatic nitrogens is 2. The lowest BCUT2D eigenvalue weighted by Crippen LogP contribution is -2.68. The minimum absolute atomic E-state index is 0.0114. The van der Waals surface area contributed by atoms with E-state index in [1.165, 1.54) is 53.3 Å². The van der Waals surface area contributed by atoms with Gasteiger partial charge in [0.25, 0.3) is 21.6 Å². The summed E-state index contributed by atoms with van der Waals surface area (Å²) in [5.41, 5.74) is 3.85. The molecule has 6 aromatic rings. The molecule has 0 radical (unpaired) electrons. The first kappa shape index (κ1) is 53.6. The van der Waals surface area contributed by atoms with Gasteiger partial charge >= 0.3 is 0 Å². The van der Waals surface area contributed by atoms with Gasteiger partial charge in [0.05, 0.1) is 45.8 Å². The Balaban J connectivity index is 0.844. The molecule has 408 valence electrons. The molecule has 10 rings (SSSR count). The van der Waals surface area contributed by atoms with Gasteiger partial charge in [0.1, 0.15) is 28.7 Å². The molecule has 1 atom stereocenters. The van der Waals surface area contributed by atoms with Crippen LogP contribution in [0, 0.1) is 27.3 Å². The minimum Gasteiger partial charge on any atom is -0.493 e. The largest absolute Gasteiger partial charge is 0.493 e. The predicted octanol–water partition coefficient (Wildman–Crippen LogP) is 10.3. The van der Waals surface area contributed by atoms with E-state index in [1.54, 1.807) is 26.2 Å². The number of anilines is 2. The summed E-state index contributed by atoms with van der Waals surface area (Å²) in [7, 11) is -2.97. The summed E-state index contributed by atoms with van der Waals surface area (Å²) in [6.07, 6.45) is 7.35. The summed E-state index contributed by atoms with van der Waals surface area (Å²) < 4.78 is 62.6. The highest BCUT2D eigenvalue weighted by molar-refractivity contribution is 7.90. The van der Waals surface area contributed by atoms with E-state index in [4.69, 9.17) is 14.2 Å². The number of rotatable bonds is 18. The molecule has 4 N–H and O–H groups in total. The van der Waals surface area contributed by atoms with Crippen LogP contribution in [0.4, 0.5) is 21.5 Å². The van der Waals surface area contributed by atoms with Gasteiger partial charge in [-0.05, 0) is 130 Å². The molecule has 4 heterocycles. The van der Waals surface area contributed by atoms with Crippen molar-refractivity contribution < 1.29 is 41.8 Å². The second kappa shape index (κ2) is 21.6. The van der Waals surface area contributed by atoms with E-state index in [1.807, 2.05) is 19.9 Å². The van der Waals surface area contributed by atoms with Gasteiger partial charge in [-0.1, -0.05) is 44.2 Å². The van der Waals surface area contributed by atoms with E-state index in [2.05, 4.69) is 85.0 Å². The van der Waals surface area contributed by atoms with Gasteiger partial charge in [-0.2, -0.15) is 0 Å².